The van der Waals surface area contributed by atoms with Gasteiger partial charge in [0.1, 0.15) is 6.54 Å². The van der Waals surface area contributed by atoms with Crippen molar-refractivity contribution >= 4 is 11.8 Å². The van der Waals surface area contributed by atoms with Crippen LogP contribution in [0, 0.1) is 0 Å². The predicted octanol–water partition coefficient (Wildman–Crippen LogP) is 1.67. The number of hydrogen-bond donors (Lipinski definition) is 2. The number of hydrogen-bond acceptors (Lipinski definition) is 4. The molecule has 144 valence electrons. The van der Waals surface area contributed by atoms with E-state index in [1.165, 1.54) is 0 Å². The summed E-state index contributed by atoms with van der Waals surface area (Å²) in [6.07, 6.45) is 5.64. The second-order valence-electron chi connectivity index (χ2n) is 7.32. The second kappa shape index (κ2) is 7.92. The van der Waals surface area contributed by atoms with Crippen LogP contribution < -0.4 is 5.32 Å². The van der Waals surface area contributed by atoms with Crippen molar-refractivity contribution in [3.8, 4) is 11.1 Å². The summed E-state index contributed by atoms with van der Waals surface area (Å²) in [7, 11) is 1.59. The third-order valence-electron chi connectivity index (χ3n) is 5.03. The molecule has 1 aliphatic rings. The minimum atomic E-state index is -0.687. The van der Waals surface area contributed by atoms with Gasteiger partial charge >= 0.3 is 0 Å². The lowest BCUT2D eigenvalue weighted by molar-refractivity contribution is -0.121. The molecular formula is C20H26N4O3. The molecule has 7 nitrogen and oxygen atoms in total. The van der Waals surface area contributed by atoms with Crippen molar-refractivity contribution in [1.29, 1.82) is 0 Å². The minimum Gasteiger partial charge on any atom is -0.390 e. The SMILES string of the molecule is CNC(=O)Cn1cc(-c2ccc(C(=O)N3CCC[C@](C)(O)CC3)cc2)cn1. The van der Waals surface area contributed by atoms with E-state index in [0.29, 0.717) is 25.1 Å². The quantitative estimate of drug-likeness (QED) is 0.857. The molecule has 27 heavy (non-hydrogen) atoms. The monoisotopic (exact) mass is 370 g/mol. The van der Waals surface area contributed by atoms with Gasteiger partial charge in [-0.15, -0.1) is 0 Å². The Morgan fingerprint density at radius 3 is 2.63 bits per heavy atom. The van der Waals surface area contributed by atoms with E-state index in [2.05, 4.69) is 10.4 Å². The van der Waals surface area contributed by atoms with Crippen molar-refractivity contribution in [2.75, 3.05) is 20.1 Å². The van der Waals surface area contributed by atoms with Gasteiger partial charge in [-0.05, 0) is 43.9 Å². The fraction of sp³-hybridized carbons (Fsp3) is 0.450. The van der Waals surface area contributed by atoms with Crippen LogP contribution in [0.25, 0.3) is 11.1 Å². The van der Waals surface area contributed by atoms with Crippen molar-refractivity contribution in [3.05, 3.63) is 42.2 Å². The maximum absolute atomic E-state index is 12.8. The predicted molar refractivity (Wildman–Crippen MR) is 102 cm³/mol. The Bertz CT molecular complexity index is 811. The van der Waals surface area contributed by atoms with Gasteiger partial charge in [0.25, 0.3) is 5.91 Å². The van der Waals surface area contributed by atoms with Crippen LogP contribution in [0.2, 0.25) is 0 Å². The Morgan fingerprint density at radius 2 is 1.93 bits per heavy atom. The summed E-state index contributed by atoms with van der Waals surface area (Å²) >= 11 is 0. The smallest absolute Gasteiger partial charge is 0.253 e. The molecule has 2 heterocycles. The van der Waals surface area contributed by atoms with Gasteiger partial charge in [0, 0.05) is 37.5 Å². The van der Waals surface area contributed by atoms with Crippen molar-refractivity contribution in [1.82, 2.24) is 20.0 Å². The molecule has 7 heteroatoms. The number of aromatic nitrogens is 2. The van der Waals surface area contributed by atoms with E-state index in [1.54, 1.807) is 17.9 Å². The Hall–Kier alpha value is -2.67. The lowest BCUT2D eigenvalue weighted by Gasteiger charge is -2.22. The first-order valence-electron chi connectivity index (χ1n) is 9.23. The number of likely N-dealkylation sites (N-methyl/N-ethyl adjacent to an activating group) is 1. The molecule has 1 fully saturated rings. The third-order valence-corrected chi connectivity index (χ3v) is 5.03. The van der Waals surface area contributed by atoms with Crippen LogP contribution in [0.1, 0.15) is 36.5 Å². The molecule has 2 aromatic rings. The highest BCUT2D eigenvalue weighted by Crippen LogP contribution is 2.24. The van der Waals surface area contributed by atoms with Crippen LogP contribution in [0.3, 0.4) is 0 Å². The van der Waals surface area contributed by atoms with Gasteiger partial charge in [0.05, 0.1) is 11.8 Å². The molecular weight excluding hydrogens is 344 g/mol. The molecule has 0 bridgehead atoms. The number of carbonyl (C=O) groups excluding carboxylic acids is 2. The lowest BCUT2D eigenvalue weighted by atomic mass is 9.98. The normalized spacial score (nSPS) is 20.2. The average Bonchev–Trinajstić information content (AvgIpc) is 3.04. The molecule has 1 atom stereocenters. The summed E-state index contributed by atoms with van der Waals surface area (Å²) in [5.41, 5.74) is 1.78. The average molecular weight is 370 g/mol. The van der Waals surface area contributed by atoms with Crippen molar-refractivity contribution in [2.24, 2.45) is 0 Å². The number of amides is 2. The number of nitrogens with zero attached hydrogens (tertiary/aromatic N) is 3. The molecule has 0 unspecified atom stereocenters. The Labute approximate surface area is 159 Å². The molecule has 0 saturated carbocycles. The van der Waals surface area contributed by atoms with Crippen LogP contribution in [-0.4, -0.2) is 57.3 Å². The van der Waals surface area contributed by atoms with Crippen LogP contribution in [-0.2, 0) is 11.3 Å². The van der Waals surface area contributed by atoms with Gasteiger partial charge < -0.3 is 15.3 Å². The standard InChI is InChI=1S/C20H26N4O3/c1-20(27)8-3-10-23(11-9-20)19(26)16-6-4-15(5-7-16)17-12-22-24(13-17)14-18(25)21-2/h4-7,12-13,27H,3,8-11,14H2,1-2H3,(H,21,25)/t20-/m0/s1. The zero-order chi connectivity index (χ0) is 19.4. The van der Waals surface area contributed by atoms with Gasteiger partial charge in [-0.2, -0.15) is 5.10 Å². The zero-order valence-corrected chi connectivity index (χ0v) is 15.8. The highest BCUT2D eigenvalue weighted by molar-refractivity contribution is 5.94. The van der Waals surface area contributed by atoms with Crippen molar-refractivity contribution in [3.63, 3.8) is 0 Å². The first kappa shape index (κ1) is 19.1. The van der Waals surface area contributed by atoms with E-state index in [0.717, 1.165) is 24.0 Å². The van der Waals surface area contributed by atoms with E-state index in [-0.39, 0.29) is 18.4 Å². The van der Waals surface area contributed by atoms with Crippen molar-refractivity contribution in [2.45, 2.75) is 38.3 Å². The molecule has 1 aromatic carbocycles. The third kappa shape index (κ3) is 4.74. The highest BCUT2D eigenvalue weighted by atomic mass is 16.3. The minimum absolute atomic E-state index is 0.00504. The van der Waals surface area contributed by atoms with E-state index in [9.17, 15) is 14.7 Å². The first-order chi connectivity index (χ1) is 12.9. The Balaban J connectivity index is 1.68. The molecule has 0 spiro atoms. The maximum atomic E-state index is 12.8. The van der Waals surface area contributed by atoms with Crippen LogP contribution in [0.5, 0.6) is 0 Å². The molecule has 3 rings (SSSR count). The number of rotatable bonds is 4. The summed E-state index contributed by atoms with van der Waals surface area (Å²) < 4.78 is 1.58. The molecule has 2 amide bonds. The number of likely N-dealkylation sites (tertiary alicyclic amines) is 1. The molecule has 0 aliphatic carbocycles. The highest BCUT2D eigenvalue weighted by Gasteiger charge is 2.27. The number of benzene rings is 1. The van der Waals surface area contributed by atoms with Gasteiger partial charge in [-0.1, -0.05) is 12.1 Å². The summed E-state index contributed by atoms with van der Waals surface area (Å²) in [6, 6.07) is 7.42. The van der Waals surface area contributed by atoms with Crippen LogP contribution >= 0.6 is 0 Å². The van der Waals surface area contributed by atoms with E-state index < -0.39 is 5.60 Å². The van der Waals surface area contributed by atoms with Crippen molar-refractivity contribution < 1.29 is 14.7 Å². The summed E-state index contributed by atoms with van der Waals surface area (Å²) in [6.45, 7) is 3.24. The summed E-state index contributed by atoms with van der Waals surface area (Å²) in [5, 5.41) is 16.9. The molecule has 1 saturated heterocycles. The van der Waals surface area contributed by atoms with Crippen LogP contribution in [0.4, 0.5) is 0 Å². The van der Waals surface area contributed by atoms with E-state index >= 15 is 0 Å². The number of nitrogens with one attached hydrogen (secondary N) is 1. The Kier molecular flexibility index (Phi) is 5.60. The maximum Gasteiger partial charge on any atom is 0.253 e. The second-order valence-corrected chi connectivity index (χ2v) is 7.32. The van der Waals surface area contributed by atoms with Gasteiger partial charge in [0.2, 0.25) is 5.91 Å². The topological polar surface area (TPSA) is 87.5 Å². The molecule has 0 radical (unpaired) electrons. The fourth-order valence-corrected chi connectivity index (χ4v) is 3.28. The Morgan fingerprint density at radius 1 is 1.19 bits per heavy atom. The lowest BCUT2D eigenvalue weighted by Crippen LogP contribution is -2.33. The summed E-state index contributed by atoms with van der Waals surface area (Å²) in [4.78, 5) is 26.0. The van der Waals surface area contributed by atoms with E-state index in [4.69, 9.17) is 0 Å². The van der Waals surface area contributed by atoms with Crippen LogP contribution in [0.15, 0.2) is 36.7 Å². The van der Waals surface area contributed by atoms with Gasteiger partial charge in [0.15, 0.2) is 0 Å². The zero-order valence-electron chi connectivity index (χ0n) is 15.8. The molecule has 2 N–H and O–H groups in total. The van der Waals surface area contributed by atoms with Gasteiger partial charge in [-0.25, -0.2) is 0 Å². The summed E-state index contributed by atoms with van der Waals surface area (Å²) in [5.74, 6) is -0.114. The first-order valence-corrected chi connectivity index (χ1v) is 9.23. The molecule has 1 aromatic heterocycles. The molecule has 1 aliphatic heterocycles. The largest absolute Gasteiger partial charge is 0.390 e. The van der Waals surface area contributed by atoms with E-state index in [1.807, 2.05) is 42.3 Å². The number of carbonyl (C=O) groups is 2. The number of aliphatic hydroxyl groups is 1. The van der Waals surface area contributed by atoms with Gasteiger partial charge in [-0.3, -0.25) is 14.3 Å². The fourth-order valence-electron chi connectivity index (χ4n) is 3.28.